The highest BCUT2D eigenvalue weighted by Crippen LogP contribution is 2.30. The van der Waals surface area contributed by atoms with Gasteiger partial charge in [0.2, 0.25) is 0 Å². The minimum absolute atomic E-state index is 0.0516. The third-order valence-corrected chi connectivity index (χ3v) is 3.32. The smallest absolute Gasteiger partial charge is 0.123 e. The lowest BCUT2D eigenvalue weighted by molar-refractivity contribution is 0.0330. The van der Waals surface area contributed by atoms with Gasteiger partial charge in [0.25, 0.3) is 0 Å². The van der Waals surface area contributed by atoms with Crippen LogP contribution in [0.5, 0.6) is 0 Å². The number of nitrogens with one attached hydrogen (secondary N) is 1. The van der Waals surface area contributed by atoms with Gasteiger partial charge >= 0.3 is 0 Å². The van der Waals surface area contributed by atoms with Gasteiger partial charge in [0.1, 0.15) is 5.82 Å². The van der Waals surface area contributed by atoms with E-state index in [1.807, 2.05) is 6.92 Å². The Morgan fingerprint density at radius 1 is 1.39 bits per heavy atom. The number of ether oxygens (including phenoxy) is 1. The van der Waals surface area contributed by atoms with Crippen LogP contribution in [0.15, 0.2) is 18.2 Å². The standard InChI is InChI=1S/C14H21ClFNO/c1-5-17-13(14(18-4)9(2)3)11-8-10(16)6-7-12(11)15/h6-9,13-14,17H,5H2,1-4H3. The van der Waals surface area contributed by atoms with Crippen molar-refractivity contribution in [3.8, 4) is 0 Å². The first kappa shape index (κ1) is 15.4. The van der Waals surface area contributed by atoms with Gasteiger partial charge in [-0.3, -0.25) is 0 Å². The van der Waals surface area contributed by atoms with Crippen LogP contribution in [0.3, 0.4) is 0 Å². The van der Waals surface area contributed by atoms with Crippen LogP contribution in [0.25, 0.3) is 0 Å². The molecule has 4 heteroatoms. The van der Waals surface area contributed by atoms with Gasteiger partial charge < -0.3 is 10.1 Å². The highest BCUT2D eigenvalue weighted by atomic mass is 35.5. The van der Waals surface area contributed by atoms with Crippen LogP contribution in [0.4, 0.5) is 4.39 Å². The monoisotopic (exact) mass is 273 g/mol. The number of rotatable bonds is 6. The maximum absolute atomic E-state index is 13.4. The minimum Gasteiger partial charge on any atom is -0.379 e. The van der Waals surface area contributed by atoms with Crippen LogP contribution in [0.1, 0.15) is 32.4 Å². The van der Waals surface area contributed by atoms with E-state index in [1.54, 1.807) is 13.2 Å². The highest BCUT2D eigenvalue weighted by molar-refractivity contribution is 6.31. The average molecular weight is 274 g/mol. The van der Waals surface area contributed by atoms with Gasteiger partial charge in [-0.1, -0.05) is 32.4 Å². The molecule has 0 aliphatic rings. The van der Waals surface area contributed by atoms with Crippen molar-refractivity contribution >= 4 is 11.6 Å². The number of benzene rings is 1. The molecular formula is C14H21ClFNO. The van der Waals surface area contributed by atoms with Crippen molar-refractivity contribution in [2.75, 3.05) is 13.7 Å². The van der Waals surface area contributed by atoms with Crippen molar-refractivity contribution in [1.29, 1.82) is 0 Å². The molecule has 2 atom stereocenters. The fraction of sp³-hybridized carbons (Fsp3) is 0.571. The Labute approximate surface area is 113 Å². The van der Waals surface area contributed by atoms with Gasteiger partial charge in [0, 0.05) is 12.1 Å². The molecule has 0 bridgehead atoms. The van der Waals surface area contributed by atoms with Crippen molar-refractivity contribution in [3.05, 3.63) is 34.6 Å². The van der Waals surface area contributed by atoms with Crippen LogP contribution in [-0.4, -0.2) is 19.8 Å². The lowest BCUT2D eigenvalue weighted by atomic mass is 9.93. The second-order valence-corrected chi connectivity index (χ2v) is 5.05. The highest BCUT2D eigenvalue weighted by Gasteiger charge is 2.27. The first-order valence-corrected chi connectivity index (χ1v) is 6.60. The van der Waals surface area contributed by atoms with E-state index in [1.165, 1.54) is 12.1 Å². The second kappa shape index (κ2) is 7.07. The molecule has 0 radical (unpaired) electrons. The molecule has 0 amide bonds. The van der Waals surface area contributed by atoms with Gasteiger partial charge in [-0.2, -0.15) is 0 Å². The molecule has 0 saturated heterocycles. The zero-order chi connectivity index (χ0) is 13.7. The van der Waals surface area contributed by atoms with Crippen LogP contribution >= 0.6 is 11.6 Å². The number of methoxy groups -OCH3 is 1. The maximum Gasteiger partial charge on any atom is 0.123 e. The molecule has 1 aromatic rings. The summed E-state index contributed by atoms with van der Waals surface area (Å²) >= 11 is 6.17. The SMILES string of the molecule is CCNC(c1cc(F)ccc1Cl)C(OC)C(C)C. The summed E-state index contributed by atoms with van der Waals surface area (Å²) in [5, 5.41) is 3.88. The first-order valence-electron chi connectivity index (χ1n) is 6.22. The third-order valence-electron chi connectivity index (χ3n) is 2.97. The van der Waals surface area contributed by atoms with Gasteiger partial charge in [0.05, 0.1) is 12.1 Å². The summed E-state index contributed by atoms with van der Waals surface area (Å²) in [4.78, 5) is 0. The Hall–Kier alpha value is -0.640. The summed E-state index contributed by atoms with van der Waals surface area (Å²) in [5.41, 5.74) is 0.749. The molecule has 0 heterocycles. The van der Waals surface area contributed by atoms with Gasteiger partial charge in [0.15, 0.2) is 0 Å². The average Bonchev–Trinajstić information content (AvgIpc) is 2.32. The minimum atomic E-state index is -0.282. The Balaban J connectivity index is 3.13. The zero-order valence-corrected chi connectivity index (χ0v) is 12.1. The van der Waals surface area contributed by atoms with Gasteiger partial charge in [-0.25, -0.2) is 4.39 Å². The van der Waals surface area contributed by atoms with Crippen molar-refractivity contribution in [1.82, 2.24) is 5.32 Å². The predicted octanol–water partition coefficient (Wildman–Crippen LogP) is 3.80. The topological polar surface area (TPSA) is 21.3 Å². The first-order chi connectivity index (χ1) is 8.51. The Bertz CT molecular complexity index is 384. The summed E-state index contributed by atoms with van der Waals surface area (Å²) in [6.07, 6.45) is -0.0516. The zero-order valence-electron chi connectivity index (χ0n) is 11.3. The molecule has 0 aromatic heterocycles. The molecule has 102 valence electrons. The molecule has 0 aliphatic carbocycles. The van der Waals surface area contributed by atoms with E-state index in [-0.39, 0.29) is 18.0 Å². The van der Waals surface area contributed by atoms with E-state index in [0.29, 0.717) is 10.9 Å². The van der Waals surface area contributed by atoms with E-state index < -0.39 is 0 Å². The molecule has 1 N–H and O–H groups in total. The normalized spacial score (nSPS) is 14.8. The predicted molar refractivity (Wildman–Crippen MR) is 73.5 cm³/mol. The van der Waals surface area contributed by atoms with Crippen molar-refractivity contribution < 1.29 is 9.13 Å². The molecule has 1 rings (SSSR count). The molecule has 0 spiro atoms. The van der Waals surface area contributed by atoms with E-state index in [2.05, 4.69) is 19.2 Å². The maximum atomic E-state index is 13.4. The summed E-state index contributed by atoms with van der Waals surface area (Å²) in [5.74, 6) is 0.0225. The van der Waals surface area contributed by atoms with Crippen LogP contribution in [-0.2, 0) is 4.74 Å². The Morgan fingerprint density at radius 2 is 2.06 bits per heavy atom. The Kier molecular flexibility index (Phi) is 6.06. The van der Waals surface area contributed by atoms with Crippen LogP contribution < -0.4 is 5.32 Å². The summed E-state index contributed by atoms with van der Waals surface area (Å²) in [6.45, 7) is 6.93. The number of likely N-dealkylation sites (N-methyl/N-ethyl adjacent to an activating group) is 1. The second-order valence-electron chi connectivity index (χ2n) is 4.65. The number of halogens is 2. The van der Waals surface area contributed by atoms with Crippen LogP contribution in [0, 0.1) is 11.7 Å². The molecule has 2 nitrogen and oxygen atoms in total. The fourth-order valence-corrected chi connectivity index (χ4v) is 2.40. The van der Waals surface area contributed by atoms with Crippen LogP contribution in [0.2, 0.25) is 5.02 Å². The molecular weight excluding hydrogens is 253 g/mol. The van der Waals surface area contributed by atoms with Crippen molar-refractivity contribution in [2.45, 2.75) is 32.9 Å². The lowest BCUT2D eigenvalue weighted by Gasteiger charge is -2.30. The third kappa shape index (κ3) is 3.67. The van der Waals surface area contributed by atoms with Crippen molar-refractivity contribution in [3.63, 3.8) is 0 Å². The van der Waals surface area contributed by atoms with Gasteiger partial charge in [-0.05, 0) is 36.2 Å². The summed E-state index contributed by atoms with van der Waals surface area (Å²) in [6, 6.07) is 4.32. The molecule has 0 fully saturated rings. The van der Waals surface area contributed by atoms with E-state index in [4.69, 9.17) is 16.3 Å². The molecule has 18 heavy (non-hydrogen) atoms. The van der Waals surface area contributed by atoms with E-state index >= 15 is 0 Å². The van der Waals surface area contributed by atoms with Crippen molar-refractivity contribution in [2.24, 2.45) is 5.92 Å². The van der Waals surface area contributed by atoms with E-state index in [9.17, 15) is 4.39 Å². The number of hydrogen-bond donors (Lipinski definition) is 1. The molecule has 0 aliphatic heterocycles. The van der Waals surface area contributed by atoms with E-state index in [0.717, 1.165) is 12.1 Å². The Morgan fingerprint density at radius 3 is 2.56 bits per heavy atom. The lowest BCUT2D eigenvalue weighted by Crippen LogP contribution is -2.36. The quantitative estimate of drug-likeness (QED) is 0.851. The summed E-state index contributed by atoms with van der Waals surface area (Å²) < 4.78 is 18.9. The van der Waals surface area contributed by atoms with Gasteiger partial charge in [-0.15, -0.1) is 0 Å². The largest absolute Gasteiger partial charge is 0.379 e. The molecule has 2 unspecified atom stereocenters. The molecule has 0 saturated carbocycles. The fourth-order valence-electron chi connectivity index (χ4n) is 2.17. The number of hydrogen-bond acceptors (Lipinski definition) is 2. The molecule has 1 aromatic carbocycles. The summed E-state index contributed by atoms with van der Waals surface area (Å²) in [7, 11) is 1.67.